The van der Waals surface area contributed by atoms with E-state index in [2.05, 4.69) is 17.5 Å². The summed E-state index contributed by atoms with van der Waals surface area (Å²) in [5, 5.41) is 3.70. The van der Waals surface area contributed by atoms with Gasteiger partial charge >= 0.3 is 0 Å². The number of nitrogens with two attached hydrogens (primary N) is 1. The van der Waals surface area contributed by atoms with Crippen molar-refractivity contribution >= 4 is 54.6 Å². The standard InChI is InChI=1S/C15H10ClNOS2/c16-9-3-1-2-8-6-10(18-15(8)9)14(17)13-7-12-11(20-13)4-5-19-12/h1-7,14H,17H2. The highest BCUT2D eigenvalue weighted by atomic mass is 35.5. The molecule has 1 aromatic carbocycles. The molecular formula is C15H10ClNOS2. The van der Waals surface area contributed by atoms with Crippen LogP contribution in [0.3, 0.4) is 0 Å². The number of fused-ring (bicyclic) bond motifs is 2. The number of furan rings is 1. The van der Waals surface area contributed by atoms with E-state index in [1.54, 1.807) is 22.7 Å². The van der Waals surface area contributed by atoms with Crippen molar-refractivity contribution in [3.05, 3.63) is 57.4 Å². The van der Waals surface area contributed by atoms with E-state index < -0.39 is 0 Å². The van der Waals surface area contributed by atoms with Crippen LogP contribution in [0.15, 0.2) is 46.2 Å². The molecule has 0 bridgehead atoms. The van der Waals surface area contributed by atoms with Crippen molar-refractivity contribution in [2.24, 2.45) is 5.73 Å². The fourth-order valence-corrected chi connectivity index (χ4v) is 4.63. The predicted molar refractivity (Wildman–Crippen MR) is 87.0 cm³/mol. The van der Waals surface area contributed by atoms with Gasteiger partial charge in [0.1, 0.15) is 5.76 Å². The van der Waals surface area contributed by atoms with Gasteiger partial charge in [-0.15, -0.1) is 22.7 Å². The highest BCUT2D eigenvalue weighted by Crippen LogP contribution is 2.37. The third-order valence-corrected chi connectivity index (χ3v) is 5.76. The van der Waals surface area contributed by atoms with Gasteiger partial charge in [0.2, 0.25) is 0 Å². The Balaban J connectivity index is 1.81. The number of thiophene rings is 2. The van der Waals surface area contributed by atoms with Crippen molar-refractivity contribution in [2.75, 3.05) is 0 Å². The van der Waals surface area contributed by atoms with Crippen molar-refractivity contribution in [3.8, 4) is 0 Å². The zero-order valence-corrected chi connectivity index (χ0v) is 12.7. The van der Waals surface area contributed by atoms with Crippen molar-refractivity contribution in [1.82, 2.24) is 0 Å². The lowest BCUT2D eigenvalue weighted by Gasteiger charge is -2.04. The van der Waals surface area contributed by atoms with E-state index in [4.69, 9.17) is 21.8 Å². The highest BCUT2D eigenvalue weighted by molar-refractivity contribution is 7.27. The molecule has 0 saturated heterocycles. The molecule has 0 aliphatic heterocycles. The minimum absolute atomic E-state index is 0.247. The van der Waals surface area contributed by atoms with Crippen LogP contribution < -0.4 is 5.73 Å². The monoisotopic (exact) mass is 319 g/mol. The first kappa shape index (κ1) is 12.4. The zero-order valence-electron chi connectivity index (χ0n) is 10.3. The molecule has 0 spiro atoms. The van der Waals surface area contributed by atoms with Gasteiger partial charge in [0.05, 0.1) is 11.1 Å². The summed E-state index contributed by atoms with van der Waals surface area (Å²) in [4.78, 5) is 1.11. The number of rotatable bonds is 2. The number of para-hydroxylation sites is 1. The largest absolute Gasteiger partial charge is 0.457 e. The summed E-state index contributed by atoms with van der Waals surface area (Å²) < 4.78 is 8.39. The first-order valence-electron chi connectivity index (χ1n) is 6.13. The van der Waals surface area contributed by atoms with Gasteiger partial charge in [-0.3, -0.25) is 0 Å². The minimum Gasteiger partial charge on any atom is -0.457 e. The van der Waals surface area contributed by atoms with Crippen LogP contribution in [-0.2, 0) is 0 Å². The maximum Gasteiger partial charge on any atom is 0.152 e. The van der Waals surface area contributed by atoms with Crippen LogP contribution in [0, 0.1) is 0 Å². The second kappa shape index (κ2) is 4.60. The third kappa shape index (κ3) is 1.88. The van der Waals surface area contributed by atoms with Crippen LogP contribution in [0.2, 0.25) is 5.02 Å². The topological polar surface area (TPSA) is 39.2 Å². The van der Waals surface area contributed by atoms with Crippen LogP contribution >= 0.6 is 34.3 Å². The van der Waals surface area contributed by atoms with Crippen LogP contribution in [0.4, 0.5) is 0 Å². The summed E-state index contributed by atoms with van der Waals surface area (Å²) in [6.45, 7) is 0. The molecule has 1 atom stereocenters. The molecule has 3 heterocycles. The quantitative estimate of drug-likeness (QED) is 0.536. The molecule has 4 rings (SSSR count). The average molecular weight is 320 g/mol. The van der Waals surface area contributed by atoms with E-state index in [-0.39, 0.29) is 6.04 Å². The lowest BCUT2D eigenvalue weighted by Crippen LogP contribution is -2.08. The van der Waals surface area contributed by atoms with E-state index in [0.29, 0.717) is 10.6 Å². The smallest absolute Gasteiger partial charge is 0.152 e. The van der Waals surface area contributed by atoms with Crippen LogP contribution in [-0.4, -0.2) is 0 Å². The zero-order chi connectivity index (χ0) is 13.7. The van der Waals surface area contributed by atoms with Gasteiger partial charge < -0.3 is 10.2 Å². The van der Waals surface area contributed by atoms with E-state index in [0.717, 1.165) is 16.0 Å². The van der Waals surface area contributed by atoms with Gasteiger partial charge in [0, 0.05) is 19.7 Å². The van der Waals surface area contributed by atoms with Crippen LogP contribution in [0.1, 0.15) is 16.7 Å². The van der Waals surface area contributed by atoms with Gasteiger partial charge in [-0.05, 0) is 29.6 Å². The molecule has 2 nitrogen and oxygen atoms in total. The Bertz CT molecular complexity index is 876. The Morgan fingerprint density at radius 3 is 2.85 bits per heavy atom. The number of hydrogen-bond acceptors (Lipinski definition) is 4. The molecule has 5 heteroatoms. The molecule has 0 aliphatic carbocycles. The van der Waals surface area contributed by atoms with Gasteiger partial charge in [-0.25, -0.2) is 0 Å². The molecule has 2 N–H and O–H groups in total. The molecule has 0 aliphatic rings. The Morgan fingerprint density at radius 2 is 2.05 bits per heavy atom. The summed E-state index contributed by atoms with van der Waals surface area (Å²) in [5.74, 6) is 0.752. The molecule has 4 aromatic rings. The number of benzene rings is 1. The summed E-state index contributed by atoms with van der Waals surface area (Å²) in [7, 11) is 0. The van der Waals surface area contributed by atoms with E-state index in [1.165, 1.54) is 9.40 Å². The second-order valence-electron chi connectivity index (χ2n) is 4.58. The summed E-state index contributed by atoms with van der Waals surface area (Å²) in [5.41, 5.74) is 7.04. The molecule has 1 unspecified atom stereocenters. The molecule has 0 fully saturated rings. The van der Waals surface area contributed by atoms with E-state index in [9.17, 15) is 0 Å². The maximum atomic E-state index is 6.33. The molecule has 0 amide bonds. The van der Waals surface area contributed by atoms with Gasteiger partial charge in [0.25, 0.3) is 0 Å². The van der Waals surface area contributed by atoms with Crippen molar-refractivity contribution in [1.29, 1.82) is 0 Å². The number of halogens is 1. The molecular weight excluding hydrogens is 310 g/mol. The van der Waals surface area contributed by atoms with E-state index in [1.807, 2.05) is 24.3 Å². The van der Waals surface area contributed by atoms with Crippen molar-refractivity contribution in [2.45, 2.75) is 6.04 Å². The van der Waals surface area contributed by atoms with Crippen molar-refractivity contribution in [3.63, 3.8) is 0 Å². The van der Waals surface area contributed by atoms with Gasteiger partial charge in [-0.2, -0.15) is 0 Å². The Morgan fingerprint density at radius 1 is 1.15 bits per heavy atom. The van der Waals surface area contributed by atoms with Crippen LogP contribution in [0.25, 0.3) is 20.4 Å². The molecule has 20 heavy (non-hydrogen) atoms. The molecule has 0 radical (unpaired) electrons. The highest BCUT2D eigenvalue weighted by Gasteiger charge is 2.18. The number of hydrogen-bond donors (Lipinski definition) is 1. The molecule has 0 saturated carbocycles. The molecule has 3 aromatic heterocycles. The van der Waals surface area contributed by atoms with Gasteiger partial charge in [-0.1, -0.05) is 23.7 Å². The first-order valence-corrected chi connectivity index (χ1v) is 8.20. The first-order chi connectivity index (χ1) is 9.72. The van der Waals surface area contributed by atoms with Gasteiger partial charge in [0.15, 0.2) is 5.58 Å². The Labute approximate surface area is 128 Å². The SMILES string of the molecule is NC(c1cc2cccc(Cl)c2o1)c1cc2sccc2s1. The molecule has 100 valence electrons. The Hall–Kier alpha value is -1.33. The average Bonchev–Trinajstić information content (AvgIpc) is 3.11. The second-order valence-corrected chi connectivity index (χ2v) is 7.05. The van der Waals surface area contributed by atoms with Crippen molar-refractivity contribution < 1.29 is 4.42 Å². The lowest BCUT2D eigenvalue weighted by atomic mass is 10.2. The summed E-state index contributed by atoms with van der Waals surface area (Å²) >= 11 is 9.58. The van der Waals surface area contributed by atoms with Crippen LogP contribution in [0.5, 0.6) is 0 Å². The summed E-state index contributed by atoms with van der Waals surface area (Å²) in [6.07, 6.45) is 0. The Kier molecular flexibility index (Phi) is 2.86. The van der Waals surface area contributed by atoms with E-state index >= 15 is 0 Å². The minimum atomic E-state index is -0.247. The third-order valence-electron chi connectivity index (χ3n) is 3.29. The lowest BCUT2D eigenvalue weighted by molar-refractivity contribution is 0.528. The normalized spacial score (nSPS) is 13.3. The fraction of sp³-hybridized carbons (Fsp3) is 0.0667. The fourth-order valence-electron chi connectivity index (χ4n) is 2.28. The summed E-state index contributed by atoms with van der Waals surface area (Å²) in [6, 6.07) is 11.7. The maximum absolute atomic E-state index is 6.33. The predicted octanol–water partition coefficient (Wildman–Crippen LogP) is 5.41.